The molecule has 0 aromatic rings. The Kier molecular flexibility index (Phi) is 6.97. The van der Waals surface area contributed by atoms with Gasteiger partial charge in [-0.05, 0) is 19.8 Å². The quantitative estimate of drug-likeness (QED) is 0.394. The Morgan fingerprint density at radius 2 is 1.80 bits per heavy atom. The van der Waals surface area contributed by atoms with Gasteiger partial charge in [-0.1, -0.05) is 12.2 Å². The van der Waals surface area contributed by atoms with Gasteiger partial charge in [0.05, 0.1) is 14.2 Å². The first kappa shape index (κ1) is 13.4. The summed E-state index contributed by atoms with van der Waals surface area (Å²) in [7, 11) is 2.67. The fourth-order valence-electron chi connectivity index (χ4n) is 0.888. The van der Waals surface area contributed by atoms with Crippen LogP contribution < -0.4 is 0 Å². The molecule has 84 valence electrons. The van der Waals surface area contributed by atoms with Crippen LogP contribution in [-0.4, -0.2) is 26.2 Å². The van der Waals surface area contributed by atoms with Crippen molar-refractivity contribution in [1.29, 1.82) is 0 Å². The third kappa shape index (κ3) is 6.49. The molecule has 0 amide bonds. The van der Waals surface area contributed by atoms with Crippen LogP contribution in [0.3, 0.4) is 0 Å². The van der Waals surface area contributed by atoms with Gasteiger partial charge in [-0.3, -0.25) is 0 Å². The van der Waals surface area contributed by atoms with Crippen molar-refractivity contribution < 1.29 is 19.1 Å². The zero-order chi connectivity index (χ0) is 11.7. The first-order valence-corrected chi connectivity index (χ1v) is 4.61. The zero-order valence-corrected chi connectivity index (χ0v) is 9.28. The summed E-state index contributed by atoms with van der Waals surface area (Å²) >= 11 is 0. The molecule has 0 aromatic heterocycles. The lowest BCUT2D eigenvalue weighted by molar-refractivity contribution is -0.136. The van der Waals surface area contributed by atoms with Crippen molar-refractivity contribution in [1.82, 2.24) is 0 Å². The molecule has 15 heavy (non-hydrogen) atoms. The van der Waals surface area contributed by atoms with E-state index in [1.807, 2.05) is 0 Å². The molecular formula is C11H16O4. The third-order valence-corrected chi connectivity index (χ3v) is 1.75. The number of unbranched alkanes of at least 4 members (excludes halogenated alkanes) is 1. The fraction of sp³-hybridized carbons (Fsp3) is 0.455. The summed E-state index contributed by atoms with van der Waals surface area (Å²) < 4.78 is 8.94. The Bertz CT molecular complexity index is 276. The molecule has 0 saturated heterocycles. The lowest BCUT2D eigenvalue weighted by Gasteiger charge is -1.97. The van der Waals surface area contributed by atoms with Crippen LogP contribution in [0.2, 0.25) is 0 Å². The molecule has 0 aliphatic heterocycles. The highest BCUT2D eigenvalue weighted by atomic mass is 16.5. The topological polar surface area (TPSA) is 52.6 Å². The molecule has 0 rings (SSSR count). The number of methoxy groups -OCH3 is 2. The lowest BCUT2D eigenvalue weighted by atomic mass is 10.2. The van der Waals surface area contributed by atoms with Crippen LogP contribution in [0.4, 0.5) is 0 Å². The molecule has 4 nitrogen and oxygen atoms in total. The van der Waals surface area contributed by atoms with Crippen LogP contribution in [0.25, 0.3) is 0 Å². The van der Waals surface area contributed by atoms with Gasteiger partial charge in [-0.15, -0.1) is 0 Å². The van der Waals surface area contributed by atoms with Crippen molar-refractivity contribution in [3.8, 4) is 0 Å². The molecular weight excluding hydrogens is 196 g/mol. The molecule has 0 fully saturated rings. The Hall–Kier alpha value is -1.58. The summed E-state index contributed by atoms with van der Waals surface area (Å²) in [5, 5.41) is 0. The molecule has 0 N–H and O–H groups in total. The van der Waals surface area contributed by atoms with Gasteiger partial charge in [-0.25, -0.2) is 9.59 Å². The molecule has 0 radical (unpaired) electrons. The molecule has 0 aliphatic rings. The van der Waals surface area contributed by atoms with E-state index < -0.39 is 0 Å². The predicted octanol–water partition coefficient (Wildman–Crippen LogP) is 1.62. The highest BCUT2D eigenvalue weighted by Gasteiger charge is 2.00. The van der Waals surface area contributed by atoms with Crippen molar-refractivity contribution >= 4 is 11.9 Å². The van der Waals surface area contributed by atoms with Crippen molar-refractivity contribution in [2.45, 2.75) is 19.8 Å². The molecule has 4 heteroatoms. The van der Waals surface area contributed by atoms with Crippen LogP contribution in [0, 0.1) is 0 Å². The first-order chi connectivity index (χ1) is 7.11. The van der Waals surface area contributed by atoms with E-state index in [1.54, 1.807) is 19.1 Å². The van der Waals surface area contributed by atoms with Gasteiger partial charge in [0, 0.05) is 11.6 Å². The second-order valence-corrected chi connectivity index (χ2v) is 2.88. The second-order valence-electron chi connectivity index (χ2n) is 2.88. The van der Waals surface area contributed by atoms with Crippen molar-refractivity contribution in [2.24, 2.45) is 0 Å². The Morgan fingerprint density at radius 1 is 1.13 bits per heavy atom. The fourth-order valence-corrected chi connectivity index (χ4v) is 0.888. The average Bonchev–Trinajstić information content (AvgIpc) is 2.26. The Morgan fingerprint density at radius 3 is 2.33 bits per heavy atom. The highest BCUT2D eigenvalue weighted by molar-refractivity contribution is 5.87. The van der Waals surface area contributed by atoms with Gasteiger partial charge < -0.3 is 9.47 Å². The van der Waals surface area contributed by atoms with E-state index in [0.717, 1.165) is 0 Å². The standard InChI is InChI=1S/C11H16O4/c1-9(11(13)15-3)7-5-4-6-8-10(12)14-2/h6-8H,4-5H2,1-3H3. The van der Waals surface area contributed by atoms with E-state index in [2.05, 4.69) is 9.47 Å². The maximum absolute atomic E-state index is 10.9. The van der Waals surface area contributed by atoms with Gasteiger partial charge in [0.25, 0.3) is 0 Å². The van der Waals surface area contributed by atoms with Crippen molar-refractivity contribution in [3.05, 3.63) is 23.8 Å². The molecule has 0 heterocycles. The van der Waals surface area contributed by atoms with Crippen molar-refractivity contribution in [3.63, 3.8) is 0 Å². The van der Waals surface area contributed by atoms with Crippen LogP contribution in [0.1, 0.15) is 19.8 Å². The minimum atomic E-state index is -0.372. The van der Waals surface area contributed by atoms with E-state index in [9.17, 15) is 9.59 Å². The molecule has 0 bridgehead atoms. The predicted molar refractivity (Wildman–Crippen MR) is 56.2 cm³/mol. The second kappa shape index (κ2) is 7.79. The van der Waals surface area contributed by atoms with E-state index in [0.29, 0.717) is 18.4 Å². The summed E-state index contributed by atoms with van der Waals surface area (Å²) in [6, 6.07) is 0. The molecule has 0 saturated carbocycles. The number of esters is 2. The van der Waals surface area contributed by atoms with E-state index >= 15 is 0 Å². The van der Waals surface area contributed by atoms with E-state index in [4.69, 9.17) is 0 Å². The normalized spacial score (nSPS) is 11.5. The first-order valence-electron chi connectivity index (χ1n) is 4.61. The lowest BCUT2D eigenvalue weighted by Crippen LogP contribution is -2.01. The molecule has 0 spiro atoms. The maximum Gasteiger partial charge on any atom is 0.333 e. The van der Waals surface area contributed by atoms with Crippen LogP contribution in [-0.2, 0) is 19.1 Å². The number of hydrogen-bond donors (Lipinski definition) is 0. The monoisotopic (exact) mass is 212 g/mol. The number of carbonyl (C=O) groups is 2. The highest BCUT2D eigenvalue weighted by Crippen LogP contribution is 2.01. The number of hydrogen-bond acceptors (Lipinski definition) is 4. The number of rotatable bonds is 5. The average molecular weight is 212 g/mol. The van der Waals surface area contributed by atoms with Gasteiger partial charge in [0.2, 0.25) is 0 Å². The van der Waals surface area contributed by atoms with E-state index in [1.165, 1.54) is 20.3 Å². The Labute approximate surface area is 89.6 Å². The van der Waals surface area contributed by atoms with Crippen LogP contribution in [0.5, 0.6) is 0 Å². The maximum atomic E-state index is 10.9. The van der Waals surface area contributed by atoms with E-state index in [-0.39, 0.29) is 11.9 Å². The van der Waals surface area contributed by atoms with Gasteiger partial charge in [-0.2, -0.15) is 0 Å². The van der Waals surface area contributed by atoms with Gasteiger partial charge >= 0.3 is 11.9 Å². The number of ether oxygens (including phenoxy) is 2. The smallest absolute Gasteiger partial charge is 0.333 e. The third-order valence-electron chi connectivity index (χ3n) is 1.75. The summed E-state index contributed by atoms with van der Waals surface area (Å²) in [4.78, 5) is 21.6. The zero-order valence-electron chi connectivity index (χ0n) is 9.28. The van der Waals surface area contributed by atoms with Crippen LogP contribution >= 0.6 is 0 Å². The molecule has 0 unspecified atom stereocenters. The Balaban J connectivity index is 3.84. The number of carbonyl (C=O) groups excluding carboxylic acids is 2. The summed E-state index contributed by atoms with van der Waals surface area (Å²) in [6.45, 7) is 1.69. The molecule has 0 aliphatic carbocycles. The van der Waals surface area contributed by atoms with Crippen LogP contribution in [0.15, 0.2) is 23.8 Å². The molecule has 0 atom stereocenters. The largest absolute Gasteiger partial charge is 0.466 e. The minimum absolute atomic E-state index is 0.327. The summed E-state index contributed by atoms with van der Waals surface area (Å²) in [5.74, 6) is -0.699. The van der Waals surface area contributed by atoms with Gasteiger partial charge in [0.1, 0.15) is 0 Å². The number of allylic oxidation sites excluding steroid dienone is 2. The molecule has 0 aromatic carbocycles. The SMILES string of the molecule is COC(=O)C=CCCC=C(C)C(=O)OC. The summed E-state index contributed by atoms with van der Waals surface area (Å²) in [6.07, 6.45) is 6.21. The van der Waals surface area contributed by atoms with Gasteiger partial charge in [0.15, 0.2) is 0 Å². The summed E-state index contributed by atoms with van der Waals surface area (Å²) in [5.41, 5.74) is 0.573. The van der Waals surface area contributed by atoms with Crippen molar-refractivity contribution in [2.75, 3.05) is 14.2 Å². The minimum Gasteiger partial charge on any atom is -0.466 e.